The maximum Gasteiger partial charge on any atom is 0.275 e. The molecule has 1 saturated heterocycles. The summed E-state index contributed by atoms with van der Waals surface area (Å²) in [4.78, 5) is 15.4. The molecule has 2 N–H and O–H groups in total. The molecule has 3 heterocycles. The number of hydrogen-bond acceptors (Lipinski definition) is 7. The molecule has 0 aliphatic carbocycles. The van der Waals surface area contributed by atoms with E-state index in [2.05, 4.69) is 25.5 Å². The van der Waals surface area contributed by atoms with E-state index in [9.17, 15) is 4.79 Å². The molecule has 4 rings (SSSR count). The number of hydrogen-bond donors (Lipinski definition) is 2. The van der Waals surface area contributed by atoms with Gasteiger partial charge in [0.1, 0.15) is 0 Å². The lowest BCUT2D eigenvalue weighted by Crippen LogP contribution is -2.38. The fourth-order valence-electron chi connectivity index (χ4n) is 3.65. The van der Waals surface area contributed by atoms with E-state index in [1.165, 1.54) is 4.68 Å². The third-order valence-electron chi connectivity index (χ3n) is 5.35. The van der Waals surface area contributed by atoms with Gasteiger partial charge in [0.05, 0.1) is 37.9 Å². The third-order valence-corrected chi connectivity index (χ3v) is 5.35. The van der Waals surface area contributed by atoms with Crippen LogP contribution in [-0.2, 0) is 16.1 Å². The summed E-state index contributed by atoms with van der Waals surface area (Å²) in [6.07, 6.45) is 0. The van der Waals surface area contributed by atoms with Crippen molar-refractivity contribution in [2.45, 2.75) is 33.4 Å². The first-order chi connectivity index (χ1) is 15.0. The van der Waals surface area contributed by atoms with Crippen molar-refractivity contribution in [1.29, 1.82) is 0 Å². The molecule has 0 unspecified atom stereocenters. The number of fused-ring (bicyclic) bond motifs is 1. The lowest BCUT2D eigenvalue weighted by Gasteiger charge is -2.26. The van der Waals surface area contributed by atoms with E-state index in [-0.39, 0.29) is 11.6 Å². The molecule has 9 nitrogen and oxygen atoms in total. The zero-order valence-electron chi connectivity index (χ0n) is 18.4. The molecule has 9 heteroatoms. The van der Waals surface area contributed by atoms with Gasteiger partial charge < -0.3 is 14.8 Å². The predicted octanol–water partition coefficient (Wildman–Crippen LogP) is 2.60. The highest BCUT2D eigenvalue weighted by Crippen LogP contribution is 2.24. The Morgan fingerprint density at radius 2 is 2.03 bits per heavy atom. The normalized spacial score (nSPS) is 15.1. The second kappa shape index (κ2) is 9.59. The van der Waals surface area contributed by atoms with Gasteiger partial charge in [-0.05, 0) is 32.4 Å². The quantitative estimate of drug-likeness (QED) is 0.534. The van der Waals surface area contributed by atoms with Crippen LogP contribution in [0.5, 0.6) is 0 Å². The molecule has 31 heavy (non-hydrogen) atoms. The predicted molar refractivity (Wildman–Crippen MR) is 120 cm³/mol. The van der Waals surface area contributed by atoms with Crippen molar-refractivity contribution in [2.24, 2.45) is 0 Å². The standard InChI is InChI=1S/C22H30N6O3/c1-15(2)28-22(29)19-13-17(14-31-11-8-27-6-9-30-10-7-27)4-5-18(19)21(26-28)23-20-12-16(3)24-25-20/h4-5,12-13,15H,6-11,14H2,1-3H3,(H2,23,24,25,26). The molecule has 0 saturated carbocycles. The van der Waals surface area contributed by atoms with Gasteiger partial charge in [0, 0.05) is 36.8 Å². The monoisotopic (exact) mass is 426 g/mol. The first-order valence-electron chi connectivity index (χ1n) is 10.7. The number of H-pyrrole nitrogens is 1. The Labute approximate surface area is 181 Å². The van der Waals surface area contributed by atoms with Gasteiger partial charge in [0.15, 0.2) is 11.6 Å². The van der Waals surface area contributed by atoms with E-state index in [1.54, 1.807) is 0 Å². The highest BCUT2D eigenvalue weighted by Gasteiger charge is 2.15. The maximum absolute atomic E-state index is 13.1. The van der Waals surface area contributed by atoms with Crippen molar-refractivity contribution in [3.63, 3.8) is 0 Å². The SMILES string of the molecule is Cc1cc(Nc2nn(C(C)C)c(=O)c3cc(COCCN4CCOCC4)ccc23)n[nH]1. The van der Waals surface area contributed by atoms with Crippen molar-refractivity contribution in [1.82, 2.24) is 24.9 Å². The third kappa shape index (κ3) is 5.12. The summed E-state index contributed by atoms with van der Waals surface area (Å²) in [6, 6.07) is 7.66. The number of ether oxygens (including phenoxy) is 2. The number of morpholine rings is 1. The largest absolute Gasteiger partial charge is 0.379 e. The van der Waals surface area contributed by atoms with E-state index in [0.29, 0.717) is 30.2 Å². The van der Waals surface area contributed by atoms with Gasteiger partial charge in [-0.3, -0.25) is 14.8 Å². The minimum absolute atomic E-state index is 0.0631. The number of benzene rings is 1. The van der Waals surface area contributed by atoms with Crippen molar-refractivity contribution in [2.75, 3.05) is 44.8 Å². The van der Waals surface area contributed by atoms with Gasteiger partial charge in [-0.25, -0.2) is 4.68 Å². The van der Waals surface area contributed by atoms with Crippen LogP contribution in [0.1, 0.15) is 31.1 Å². The number of aromatic amines is 1. The Balaban J connectivity index is 1.54. The van der Waals surface area contributed by atoms with Crippen LogP contribution < -0.4 is 10.9 Å². The van der Waals surface area contributed by atoms with Crippen LogP contribution in [0.2, 0.25) is 0 Å². The van der Waals surface area contributed by atoms with Crippen LogP contribution in [0.15, 0.2) is 29.1 Å². The fourth-order valence-corrected chi connectivity index (χ4v) is 3.65. The molecular formula is C22H30N6O3. The molecule has 166 valence electrons. The lowest BCUT2D eigenvalue weighted by molar-refractivity contribution is 0.0180. The molecular weight excluding hydrogens is 396 g/mol. The minimum Gasteiger partial charge on any atom is -0.379 e. The lowest BCUT2D eigenvalue weighted by atomic mass is 10.1. The summed E-state index contributed by atoms with van der Waals surface area (Å²) in [7, 11) is 0. The Morgan fingerprint density at radius 3 is 2.74 bits per heavy atom. The first kappa shape index (κ1) is 21.5. The smallest absolute Gasteiger partial charge is 0.275 e. The number of nitrogens with zero attached hydrogens (tertiary/aromatic N) is 4. The van der Waals surface area contributed by atoms with E-state index in [4.69, 9.17) is 9.47 Å². The molecule has 0 bridgehead atoms. The minimum atomic E-state index is -0.107. The molecule has 0 radical (unpaired) electrons. The zero-order valence-corrected chi connectivity index (χ0v) is 18.4. The van der Waals surface area contributed by atoms with Crippen molar-refractivity contribution < 1.29 is 9.47 Å². The molecule has 1 fully saturated rings. The summed E-state index contributed by atoms with van der Waals surface area (Å²) in [5.41, 5.74) is 1.80. The van der Waals surface area contributed by atoms with Gasteiger partial charge in [-0.1, -0.05) is 12.1 Å². The van der Waals surface area contributed by atoms with Crippen LogP contribution in [0, 0.1) is 6.92 Å². The van der Waals surface area contributed by atoms with E-state index >= 15 is 0 Å². The Hall–Kier alpha value is -2.75. The number of rotatable bonds is 8. The molecule has 1 aliphatic rings. The van der Waals surface area contributed by atoms with Gasteiger partial charge in [0.2, 0.25) is 0 Å². The molecule has 2 aromatic heterocycles. The maximum atomic E-state index is 13.1. The van der Waals surface area contributed by atoms with Gasteiger partial charge >= 0.3 is 0 Å². The number of nitrogens with one attached hydrogen (secondary N) is 2. The fraction of sp³-hybridized carbons (Fsp3) is 0.500. The average molecular weight is 427 g/mol. The second-order valence-corrected chi connectivity index (χ2v) is 8.14. The van der Waals surface area contributed by atoms with Crippen LogP contribution in [0.4, 0.5) is 11.6 Å². The van der Waals surface area contributed by atoms with Crippen molar-refractivity contribution in [3.05, 3.63) is 45.9 Å². The molecule has 0 atom stereocenters. The summed E-state index contributed by atoms with van der Waals surface area (Å²) < 4.78 is 12.8. The Kier molecular flexibility index (Phi) is 6.64. The van der Waals surface area contributed by atoms with Crippen LogP contribution >= 0.6 is 0 Å². The summed E-state index contributed by atoms with van der Waals surface area (Å²) >= 11 is 0. The molecule has 1 aromatic carbocycles. The number of aromatic nitrogens is 4. The molecule has 3 aromatic rings. The van der Waals surface area contributed by atoms with Crippen LogP contribution in [0.3, 0.4) is 0 Å². The second-order valence-electron chi connectivity index (χ2n) is 8.14. The highest BCUT2D eigenvalue weighted by atomic mass is 16.5. The van der Waals surface area contributed by atoms with Gasteiger partial charge in [0.25, 0.3) is 5.56 Å². The highest BCUT2D eigenvalue weighted by molar-refractivity contribution is 5.92. The number of anilines is 2. The van der Waals surface area contributed by atoms with Gasteiger partial charge in [-0.2, -0.15) is 10.2 Å². The van der Waals surface area contributed by atoms with E-state index < -0.39 is 0 Å². The average Bonchev–Trinajstić information content (AvgIpc) is 3.18. The Bertz CT molecular complexity index is 1080. The van der Waals surface area contributed by atoms with Crippen LogP contribution in [0.25, 0.3) is 10.8 Å². The summed E-state index contributed by atoms with van der Waals surface area (Å²) in [5.74, 6) is 1.27. The van der Waals surface area contributed by atoms with E-state index in [1.807, 2.05) is 45.0 Å². The van der Waals surface area contributed by atoms with Crippen molar-refractivity contribution >= 4 is 22.4 Å². The van der Waals surface area contributed by atoms with Gasteiger partial charge in [-0.15, -0.1) is 0 Å². The summed E-state index contributed by atoms with van der Waals surface area (Å²) in [6.45, 7) is 11.3. The molecule has 1 aliphatic heterocycles. The van der Waals surface area contributed by atoms with Crippen molar-refractivity contribution in [3.8, 4) is 0 Å². The first-order valence-corrected chi connectivity index (χ1v) is 10.7. The zero-order chi connectivity index (χ0) is 21.8. The van der Waals surface area contributed by atoms with Crippen LogP contribution in [-0.4, -0.2) is 64.3 Å². The molecule has 0 amide bonds. The van der Waals surface area contributed by atoms with E-state index in [0.717, 1.165) is 49.5 Å². The molecule has 0 spiro atoms. The summed E-state index contributed by atoms with van der Waals surface area (Å²) in [5, 5.41) is 16.3. The number of aryl methyl sites for hydroxylation is 1. The Morgan fingerprint density at radius 1 is 1.23 bits per heavy atom. The topological polar surface area (TPSA) is 97.3 Å².